The molecule has 0 unspecified atom stereocenters. The fourth-order valence-electron chi connectivity index (χ4n) is 2.36. The van der Waals surface area contributed by atoms with Crippen molar-refractivity contribution in [3.05, 3.63) is 71.6 Å². The molecule has 0 aliphatic heterocycles. The lowest BCUT2D eigenvalue weighted by molar-refractivity contribution is 0.574. The van der Waals surface area contributed by atoms with Gasteiger partial charge in [0.15, 0.2) is 5.82 Å². The van der Waals surface area contributed by atoms with Crippen molar-refractivity contribution in [3.63, 3.8) is 0 Å². The van der Waals surface area contributed by atoms with E-state index in [2.05, 4.69) is 11.6 Å². The maximum Gasteiger partial charge on any atom is 0.151 e. The van der Waals surface area contributed by atoms with Crippen LogP contribution in [-0.4, -0.2) is 9.55 Å². The maximum absolute atomic E-state index is 14.3. The number of benzene rings is 2. The molecule has 3 nitrogen and oxygen atoms in total. The van der Waals surface area contributed by atoms with E-state index < -0.39 is 17.2 Å². The first kappa shape index (κ1) is 14.0. The molecule has 0 bridgehead atoms. The summed E-state index contributed by atoms with van der Waals surface area (Å²) < 4.78 is 29.5. The summed E-state index contributed by atoms with van der Waals surface area (Å²) in [6.45, 7) is 3.88. The van der Waals surface area contributed by atoms with Gasteiger partial charge in [0.05, 0.1) is 17.4 Å². The highest BCUT2D eigenvalue weighted by molar-refractivity contribution is 5.85. The van der Waals surface area contributed by atoms with E-state index >= 15 is 0 Å². The van der Waals surface area contributed by atoms with E-state index in [0.717, 1.165) is 17.1 Å². The molecule has 0 radical (unpaired) electrons. The van der Waals surface area contributed by atoms with Crippen molar-refractivity contribution in [2.24, 2.45) is 7.05 Å². The van der Waals surface area contributed by atoms with E-state index in [1.54, 1.807) is 12.4 Å². The van der Waals surface area contributed by atoms with E-state index in [1.165, 1.54) is 12.1 Å². The van der Waals surface area contributed by atoms with Crippen molar-refractivity contribution < 1.29 is 8.78 Å². The Morgan fingerprint density at radius 2 is 2.05 bits per heavy atom. The van der Waals surface area contributed by atoms with Crippen LogP contribution < -0.4 is 0 Å². The van der Waals surface area contributed by atoms with Gasteiger partial charge in [-0.2, -0.15) is 5.26 Å². The molecular formula is C17H11F2N3. The van der Waals surface area contributed by atoms with Gasteiger partial charge in [0, 0.05) is 12.6 Å². The van der Waals surface area contributed by atoms with Gasteiger partial charge in [0.1, 0.15) is 17.4 Å². The second kappa shape index (κ2) is 5.08. The number of hydrogen-bond acceptors (Lipinski definition) is 2. The highest BCUT2D eigenvalue weighted by atomic mass is 19.1. The standard InChI is InChI=1S/C17H11F2N3/c1-10(12-4-5-14(18)13(8-20)17(12)19)11-3-6-15-16(7-11)22(2)9-21-15/h3-7,9H,1H2,2H3. The lowest BCUT2D eigenvalue weighted by Gasteiger charge is -2.09. The number of aryl methyl sites for hydroxylation is 1. The molecule has 5 heteroatoms. The molecule has 0 amide bonds. The van der Waals surface area contributed by atoms with Crippen molar-refractivity contribution in [1.29, 1.82) is 5.26 Å². The summed E-state index contributed by atoms with van der Waals surface area (Å²) in [4.78, 5) is 4.21. The molecule has 0 N–H and O–H groups in total. The molecular weight excluding hydrogens is 284 g/mol. The summed E-state index contributed by atoms with van der Waals surface area (Å²) in [5, 5.41) is 8.85. The smallest absolute Gasteiger partial charge is 0.151 e. The fraction of sp³-hybridized carbons (Fsp3) is 0.0588. The Labute approximate surface area is 125 Å². The first-order valence-corrected chi connectivity index (χ1v) is 6.51. The van der Waals surface area contributed by atoms with Gasteiger partial charge >= 0.3 is 0 Å². The third-order valence-electron chi connectivity index (χ3n) is 3.60. The van der Waals surface area contributed by atoms with Crippen molar-refractivity contribution in [2.75, 3.05) is 0 Å². The monoisotopic (exact) mass is 295 g/mol. The van der Waals surface area contributed by atoms with Crippen LogP contribution in [0.25, 0.3) is 16.6 Å². The Morgan fingerprint density at radius 3 is 2.77 bits per heavy atom. The van der Waals surface area contributed by atoms with E-state index in [9.17, 15) is 8.78 Å². The molecule has 2 aromatic carbocycles. The number of nitrogens with zero attached hydrogens (tertiary/aromatic N) is 3. The Morgan fingerprint density at radius 1 is 1.27 bits per heavy atom. The highest BCUT2D eigenvalue weighted by Gasteiger charge is 2.16. The molecule has 0 fully saturated rings. The second-order valence-electron chi connectivity index (χ2n) is 4.93. The van der Waals surface area contributed by atoms with Crippen molar-refractivity contribution in [3.8, 4) is 6.07 Å². The summed E-state index contributed by atoms with van der Waals surface area (Å²) in [5.41, 5.74) is 2.28. The van der Waals surface area contributed by atoms with Crippen molar-refractivity contribution >= 4 is 16.6 Å². The first-order chi connectivity index (χ1) is 10.5. The Kier molecular flexibility index (Phi) is 3.22. The number of halogens is 2. The van der Waals surface area contributed by atoms with Gasteiger partial charge in [-0.15, -0.1) is 0 Å². The van der Waals surface area contributed by atoms with Gasteiger partial charge in [0.2, 0.25) is 0 Å². The lowest BCUT2D eigenvalue weighted by atomic mass is 9.97. The van der Waals surface area contributed by atoms with Crippen LogP contribution in [0.15, 0.2) is 43.2 Å². The van der Waals surface area contributed by atoms with Crippen LogP contribution in [0, 0.1) is 23.0 Å². The van der Waals surface area contributed by atoms with Crippen LogP contribution in [0.4, 0.5) is 8.78 Å². The Hall–Kier alpha value is -3.00. The third kappa shape index (κ3) is 2.06. The Balaban J connectivity index is 2.14. The Bertz CT molecular complexity index is 948. The molecule has 22 heavy (non-hydrogen) atoms. The topological polar surface area (TPSA) is 41.6 Å². The average molecular weight is 295 g/mol. The predicted molar refractivity (Wildman–Crippen MR) is 79.9 cm³/mol. The number of aromatic nitrogens is 2. The summed E-state index contributed by atoms with van der Waals surface area (Å²) in [6, 6.07) is 9.32. The molecule has 108 valence electrons. The van der Waals surface area contributed by atoms with Gasteiger partial charge in [-0.05, 0) is 35.4 Å². The molecule has 0 spiro atoms. The van der Waals surface area contributed by atoms with Gasteiger partial charge in [-0.25, -0.2) is 13.8 Å². The van der Waals surface area contributed by atoms with Gasteiger partial charge < -0.3 is 4.57 Å². The number of fused-ring (bicyclic) bond motifs is 1. The average Bonchev–Trinajstić information content (AvgIpc) is 2.88. The zero-order chi connectivity index (χ0) is 15.9. The van der Waals surface area contributed by atoms with E-state index in [4.69, 9.17) is 5.26 Å². The number of rotatable bonds is 2. The van der Waals surface area contributed by atoms with Crippen molar-refractivity contribution in [2.45, 2.75) is 0 Å². The molecule has 0 atom stereocenters. The number of nitriles is 1. The number of imidazole rings is 1. The lowest BCUT2D eigenvalue weighted by Crippen LogP contribution is -1.98. The van der Waals surface area contributed by atoms with Crippen molar-refractivity contribution in [1.82, 2.24) is 9.55 Å². The van der Waals surface area contributed by atoms with Gasteiger partial charge in [-0.3, -0.25) is 0 Å². The largest absolute Gasteiger partial charge is 0.334 e. The summed E-state index contributed by atoms with van der Waals surface area (Å²) in [7, 11) is 1.86. The molecule has 0 aliphatic carbocycles. The quantitative estimate of drug-likeness (QED) is 0.722. The fourth-order valence-corrected chi connectivity index (χ4v) is 2.36. The molecule has 3 rings (SSSR count). The summed E-state index contributed by atoms with van der Waals surface area (Å²) in [5.74, 6) is -1.77. The first-order valence-electron chi connectivity index (χ1n) is 6.51. The normalized spacial score (nSPS) is 10.6. The molecule has 3 aromatic rings. The predicted octanol–water partition coefficient (Wildman–Crippen LogP) is 3.78. The second-order valence-corrected chi connectivity index (χ2v) is 4.93. The van der Waals surface area contributed by atoms with Crippen LogP contribution >= 0.6 is 0 Å². The van der Waals surface area contributed by atoms with Crippen LogP contribution in [0.2, 0.25) is 0 Å². The molecule has 1 aromatic heterocycles. The summed E-state index contributed by atoms with van der Waals surface area (Å²) >= 11 is 0. The zero-order valence-corrected chi connectivity index (χ0v) is 11.8. The minimum atomic E-state index is -0.891. The molecule has 0 aliphatic rings. The van der Waals surface area contributed by atoms with E-state index in [1.807, 2.05) is 23.7 Å². The SMILES string of the molecule is C=C(c1ccc2ncn(C)c2c1)c1ccc(F)c(C#N)c1F. The van der Waals surface area contributed by atoms with E-state index in [-0.39, 0.29) is 5.56 Å². The van der Waals surface area contributed by atoms with Crippen LogP contribution in [0.1, 0.15) is 16.7 Å². The van der Waals surface area contributed by atoms with Gasteiger partial charge in [-0.1, -0.05) is 12.6 Å². The minimum Gasteiger partial charge on any atom is -0.334 e. The summed E-state index contributed by atoms with van der Waals surface area (Å²) in [6.07, 6.45) is 1.68. The number of hydrogen-bond donors (Lipinski definition) is 0. The maximum atomic E-state index is 14.3. The van der Waals surface area contributed by atoms with Crippen LogP contribution in [-0.2, 0) is 7.05 Å². The van der Waals surface area contributed by atoms with Crippen LogP contribution in [0.5, 0.6) is 0 Å². The zero-order valence-electron chi connectivity index (χ0n) is 11.8. The minimum absolute atomic E-state index is 0.111. The van der Waals surface area contributed by atoms with Gasteiger partial charge in [0.25, 0.3) is 0 Å². The van der Waals surface area contributed by atoms with Crippen LogP contribution in [0.3, 0.4) is 0 Å². The molecule has 1 heterocycles. The highest BCUT2D eigenvalue weighted by Crippen LogP contribution is 2.28. The van der Waals surface area contributed by atoms with E-state index in [0.29, 0.717) is 11.1 Å². The molecule has 0 saturated heterocycles. The third-order valence-corrected chi connectivity index (χ3v) is 3.60. The molecule has 0 saturated carbocycles.